The van der Waals surface area contributed by atoms with Gasteiger partial charge in [-0.05, 0) is 91.6 Å². The molecule has 7 heteroatoms. The Morgan fingerprint density at radius 1 is 0.857 bits per heavy atom. The molecule has 0 saturated carbocycles. The average Bonchev–Trinajstić information content (AvgIpc) is 2.77. The lowest BCUT2D eigenvalue weighted by Gasteiger charge is -2.35. The van der Waals surface area contributed by atoms with E-state index in [1.165, 1.54) is 5.56 Å². The lowest BCUT2D eigenvalue weighted by Crippen LogP contribution is -2.48. The molecule has 188 valence electrons. The van der Waals surface area contributed by atoms with Gasteiger partial charge in [-0.2, -0.15) is 4.31 Å². The van der Waals surface area contributed by atoms with Gasteiger partial charge >= 0.3 is 5.63 Å². The lowest BCUT2D eigenvalue weighted by molar-refractivity contribution is 0.182. The Bertz CT molecular complexity index is 1420. The average molecular weight is 497 g/mol. The van der Waals surface area contributed by atoms with Crippen LogP contribution in [0.25, 0.3) is 11.0 Å². The first kappa shape index (κ1) is 25.6. The number of rotatable bonds is 5. The zero-order chi connectivity index (χ0) is 25.7. The molecule has 3 aromatic rings. The third-order valence-corrected chi connectivity index (χ3v) is 9.63. The maximum Gasteiger partial charge on any atom is 0.336 e. The van der Waals surface area contributed by atoms with Crippen LogP contribution in [0.4, 0.5) is 0 Å². The van der Waals surface area contributed by atoms with Gasteiger partial charge in [-0.1, -0.05) is 19.9 Å². The Balaban J connectivity index is 1.58. The Hall–Kier alpha value is -2.48. The highest BCUT2D eigenvalue weighted by Crippen LogP contribution is 2.30. The number of benzene rings is 2. The van der Waals surface area contributed by atoms with Gasteiger partial charge in [-0.25, -0.2) is 13.2 Å². The van der Waals surface area contributed by atoms with Crippen molar-refractivity contribution in [1.82, 2.24) is 9.21 Å². The van der Waals surface area contributed by atoms with Gasteiger partial charge in [0.1, 0.15) is 5.58 Å². The summed E-state index contributed by atoms with van der Waals surface area (Å²) in [6.07, 6.45) is 0. The summed E-state index contributed by atoms with van der Waals surface area (Å²) in [6.45, 7) is 16.7. The topological polar surface area (TPSA) is 70.8 Å². The molecule has 0 N–H and O–H groups in total. The largest absolute Gasteiger partial charge is 0.423 e. The van der Waals surface area contributed by atoms with Crippen LogP contribution in [-0.2, 0) is 16.6 Å². The Kier molecular flexibility index (Phi) is 6.97. The van der Waals surface area contributed by atoms with E-state index in [1.54, 1.807) is 10.4 Å². The SMILES string of the molecule is Cc1cc2oc(=O)cc(CN3CCN(S(=O)(=O)c4c(C)c(C)cc(C)c4C)CC3)c2cc1C(C)C. The van der Waals surface area contributed by atoms with Gasteiger partial charge in [-0.3, -0.25) is 4.90 Å². The molecular formula is C28H36N2O4S. The van der Waals surface area contributed by atoms with Gasteiger partial charge in [0, 0.05) is 44.2 Å². The molecule has 0 spiro atoms. The standard InChI is InChI=1S/C28H36N2O4S/c1-17(2)24-15-25-23(14-27(31)34-26(25)13-20(24)5)16-29-8-10-30(11-9-29)35(32,33)28-21(6)18(3)12-19(4)22(28)7/h12-15,17H,8-11,16H2,1-7H3. The molecule has 0 radical (unpaired) electrons. The van der Waals surface area contributed by atoms with Gasteiger partial charge in [0.15, 0.2) is 0 Å². The van der Waals surface area contributed by atoms with Gasteiger partial charge in [0.25, 0.3) is 0 Å². The van der Waals surface area contributed by atoms with Gasteiger partial charge < -0.3 is 4.42 Å². The monoisotopic (exact) mass is 496 g/mol. The fourth-order valence-electron chi connectivity index (χ4n) is 5.21. The molecule has 1 aliphatic heterocycles. The molecule has 0 atom stereocenters. The minimum Gasteiger partial charge on any atom is -0.423 e. The Labute approximate surface area is 208 Å². The molecule has 1 saturated heterocycles. The minimum absolute atomic E-state index is 0.355. The molecule has 6 nitrogen and oxygen atoms in total. The zero-order valence-corrected chi connectivity index (χ0v) is 22.7. The van der Waals surface area contributed by atoms with Crippen molar-refractivity contribution in [3.63, 3.8) is 0 Å². The quantitative estimate of drug-likeness (QED) is 0.467. The number of sulfonamides is 1. The summed E-state index contributed by atoms with van der Waals surface area (Å²) in [7, 11) is -3.58. The number of fused-ring (bicyclic) bond motifs is 1. The highest BCUT2D eigenvalue weighted by atomic mass is 32.2. The van der Waals surface area contributed by atoms with Crippen molar-refractivity contribution < 1.29 is 12.8 Å². The fraction of sp³-hybridized carbons (Fsp3) is 0.464. The maximum absolute atomic E-state index is 13.6. The van der Waals surface area contributed by atoms with E-state index >= 15 is 0 Å². The second kappa shape index (κ2) is 9.52. The van der Waals surface area contributed by atoms with E-state index in [2.05, 4.69) is 30.9 Å². The summed E-state index contributed by atoms with van der Waals surface area (Å²) in [5.74, 6) is 0.366. The summed E-state index contributed by atoms with van der Waals surface area (Å²) in [5, 5.41) is 0.954. The first-order valence-electron chi connectivity index (χ1n) is 12.3. The summed E-state index contributed by atoms with van der Waals surface area (Å²) in [6, 6.07) is 7.72. The van der Waals surface area contributed by atoms with Crippen molar-refractivity contribution in [3.05, 3.63) is 73.6 Å². The second-order valence-electron chi connectivity index (χ2n) is 10.2. The van der Waals surface area contributed by atoms with E-state index < -0.39 is 10.0 Å². The first-order valence-corrected chi connectivity index (χ1v) is 13.7. The van der Waals surface area contributed by atoms with E-state index in [9.17, 15) is 13.2 Å². The van der Waals surface area contributed by atoms with Gasteiger partial charge in [0.05, 0.1) is 4.90 Å². The van der Waals surface area contributed by atoms with Crippen LogP contribution in [-0.4, -0.2) is 43.8 Å². The second-order valence-corrected chi connectivity index (χ2v) is 12.1. The predicted molar refractivity (Wildman–Crippen MR) is 141 cm³/mol. The molecule has 2 heterocycles. The highest BCUT2D eigenvalue weighted by molar-refractivity contribution is 7.89. The molecule has 1 fully saturated rings. The number of hydrogen-bond donors (Lipinski definition) is 0. The highest BCUT2D eigenvalue weighted by Gasteiger charge is 2.32. The van der Waals surface area contributed by atoms with Crippen LogP contribution in [0.15, 0.2) is 38.4 Å². The molecule has 2 aromatic carbocycles. The molecule has 0 unspecified atom stereocenters. The van der Waals surface area contributed by atoms with E-state index in [4.69, 9.17) is 4.42 Å². The van der Waals surface area contributed by atoms with Crippen molar-refractivity contribution in [2.24, 2.45) is 0 Å². The van der Waals surface area contributed by atoms with Gasteiger partial charge in [-0.15, -0.1) is 0 Å². The van der Waals surface area contributed by atoms with E-state index in [1.807, 2.05) is 40.7 Å². The Morgan fingerprint density at radius 3 is 2.03 bits per heavy atom. The molecule has 0 amide bonds. The lowest BCUT2D eigenvalue weighted by atomic mass is 9.95. The summed E-state index contributed by atoms with van der Waals surface area (Å²) >= 11 is 0. The molecule has 1 aliphatic rings. The third-order valence-electron chi connectivity index (χ3n) is 7.46. The Morgan fingerprint density at radius 2 is 1.46 bits per heavy atom. The smallest absolute Gasteiger partial charge is 0.336 e. The normalized spacial score (nSPS) is 15.9. The van der Waals surface area contributed by atoms with Crippen molar-refractivity contribution >= 4 is 21.0 Å². The van der Waals surface area contributed by atoms with Crippen LogP contribution in [0.2, 0.25) is 0 Å². The molecular weight excluding hydrogens is 460 g/mol. The maximum atomic E-state index is 13.6. The summed E-state index contributed by atoms with van der Waals surface area (Å²) < 4.78 is 34.3. The third kappa shape index (κ3) is 4.82. The van der Waals surface area contributed by atoms with Crippen LogP contribution >= 0.6 is 0 Å². The van der Waals surface area contributed by atoms with Crippen LogP contribution < -0.4 is 5.63 Å². The fourth-order valence-corrected chi connectivity index (χ4v) is 7.21. The van der Waals surface area contributed by atoms with Crippen LogP contribution in [0, 0.1) is 34.6 Å². The number of nitrogens with zero attached hydrogens (tertiary/aromatic N) is 2. The van der Waals surface area contributed by atoms with Gasteiger partial charge in [0.2, 0.25) is 10.0 Å². The molecule has 0 bridgehead atoms. The zero-order valence-electron chi connectivity index (χ0n) is 21.9. The van der Waals surface area contributed by atoms with Crippen molar-refractivity contribution in [2.75, 3.05) is 26.2 Å². The molecule has 4 rings (SSSR count). The van der Waals surface area contributed by atoms with E-state index in [0.717, 1.165) is 38.8 Å². The van der Waals surface area contributed by atoms with Crippen molar-refractivity contribution in [3.8, 4) is 0 Å². The minimum atomic E-state index is -3.58. The summed E-state index contributed by atoms with van der Waals surface area (Å²) in [5.41, 5.74) is 7.18. The van der Waals surface area contributed by atoms with Crippen LogP contribution in [0.1, 0.15) is 58.7 Å². The molecule has 0 aliphatic carbocycles. The van der Waals surface area contributed by atoms with Crippen molar-refractivity contribution in [1.29, 1.82) is 0 Å². The summed E-state index contributed by atoms with van der Waals surface area (Å²) in [4.78, 5) is 14.9. The predicted octanol–water partition coefficient (Wildman–Crippen LogP) is 4.97. The van der Waals surface area contributed by atoms with E-state index in [-0.39, 0.29) is 5.63 Å². The van der Waals surface area contributed by atoms with Crippen LogP contribution in [0.3, 0.4) is 0 Å². The first-order chi connectivity index (χ1) is 16.4. The molecule has 1 aromatic heterocycles. The van der Waals surface area contributed by atoms with E-state index in [0.29, 0.717) is 49.1 Å². The molecule has 35 heavy (non-hydrogen) atoms. The number of aryl methyl sites for hydroxylation is 3. The van der Waals surface area contributed by atoms with Crippen LogP contribution in [0.5, 0.6) is 0 Å². The number of piperazine rings is 1. The van der Waals surface area contributed by atoms with Crippen molar-refractivity contribution in [2.45, 2.75) is 65.8 Å². The number of hydrogen-bond acceptors (Lipinski definition) is 5.